The van der Waals surface area contributed by atoms with Gasteiger partial charge in [0.15, 0.2) is 0 Å². The normalized spacial score (nSPS) is 47.9. The van der Waals surface area contributed by atoms with E-state index in [0.29, 0.717) is 10.8 Å². The van der Waals surface area contributed by atoms with Crippen LogP contribution in [0.25, 0.3) is 0 Å². The van der Waals surface area contributed by atoms with Gasteiger partial charge in [0.1, 0.15) is 0 Å². The van der Waals surface area contributed by atoms with Crippen molar-refractivity contribution in [3.05, 3.63) is 12.2 Å². The largest absolute Gasteiger partial charge is 0.0840 e. The number of fused-ring (bicyclic) bond motifs is 2. The van der Waals surface area contributed by atoms with E-state index in [0.717, 1.165) is 17.8 Å². The molecule has 3 unspecified atom stereocenters. The quantitative estimate of drug-likeness (QED) is 0.555. The lowest BCUT2D eigenvalue weighted by atomic mass is 9.70. The second-order valence-electron chi connectivity index (χ2n) is 6.94. The molecule has 0 saturated heterocycles. The van der Waals surface area contributed by atoms with Crippen LogP contribution in [0.3, 0.4) is 0 Å². The van der Waals surface area contributed by atoms with E-state index >= 15 is 0 Å². The molecule has 15 heavy (non-hydrogen) atoms. The summed E-state index contributed by atoms with van der Waals surface area (Å²) in [5.74, 6) is 2.95. The molecule has 2 bridgehead atoms. The Labute approximate surface area is 94.1 Å². The van der Waals surface area contributed by atoms with Crippen molar-refractivity contribution >= 4 is 0 Å². The van der Waals surface area contributed by atoms with Crippen molar-refractivity contribution < 1.29 is 0 Å². The van der Waals surface area contributed by atoms with E-state index in [4.69, 9.17) is 0 Å². The first-order valence-electron chi connectivity index (χ1n) is 6.74. The summed E-state index contributed by atoms with van der Waals surface area (Å²) in [5.41, 5.74) is 1.03. The first kappa shape index (κ1) is 9.93. The maximum atomic E-state index is 2.55. The third-order valence-corrected chi connectivity index (χ3v) is 6.10. The molecule has 3 rings (SSSR count). The summed E-state index contributed by atoms with van der Waals surface area (Å²) in [5, 5.41) is 0. The highest BCUT2D eigenvalue weighted by molar-refractivity contribution is 5.25. The van der Waals surface area contributed by atoms with E-state index in [-0.39, 0.29) is 0 Å². The van der Waals surface area contributed by atoms with Gasteiger partial charge in [-0.1, -0.05) is 58.6 Å². The zero-order valence-electron chi connectivity index (χ0n) is 10.4. The lowest BCUT2D eigenvalue weighted by Gasteiger charge is -2.33. The SMILES string of the molecule is CC12C=CC(C(C3CCCC3)C1)C2(C)C. The van der Waals surface area contributed by atoms with Crippen LogP contribution >= 0.6 is 0 Å². The summed E-state index contributed by atoms with van der Waals surface area (Å²) in [6, 6.07) is 0. The molecule has 0 aromatic carbocycles. The molecular weight excluding hydrogens is 180 g/mol. The molecule has 0 aromatic rings. The third kappa shape index (κ3) is 1.14. The average Bonchev–Trinajstić information content (AvgIpc) is 2.79. The van der Waals surface area contributed by atoms with Crippen LogP contribution in [-0.4, -0.2) is 0 Å². The highest BCUT2D eigenvalue weighted by Gasteiger charge is 2.58. The van der Waals surface area contributed by atoms with Gasteiger partial charge < -0.3 is 0 Å². The summed E-state index contributed by atoms with van der Waals surface area (Å²) in [4.78, 5) is 0. The Morgan fingerprint density at radius 2 is 1.73 bits per heavy atom. The smallest absolute Gasteiger partial charge is 0.00866 e. The zero-order chi connectivity index (χ0) is 10.7. The van der Waals surface area contributed by atoms with Crippen LogP contribution < -0.4 is 0 Å². The molecule has 0 radical (unpaired) electrons. The topological polar surface area (TPSA) is 0 Å². The fourth-order valence-corrected chi connectivity index (χ4v) is 4.62. The van der Waals surface area contributed by atoms with Crippen LogP contribution in [0.15, 0.2) is 12.2 Å². The maximum absolute atomic E-state index is 2.55. The summed E-state index contributed by atoms with van der Waals surface area (Å²) in [6.45, 7) is 7.47. The highest BCUT2D eigenvalue weighted by atomic mass is 14.6. The summed E-state index contributed by atoms with van der Waals surface area (Å²) < 4.78 is 0. The van der Waals surface area contributed by atoms with Crippen molar-refractivity contribution in [2.45, 2.75) is 52.9 Å². The lowest BCUT2D eigenvalue weighted by molar-refractivity contribution is 0.174. The van der Waals surface area contributed by atoms with E-state index in [1.54, 1.807) is 0 Å². The fourth-order valence-electron chi connectivity index (χ4n) is 4.62. The molecule has 0 nitrogen and oxygen atoms in total. The molecule has 0 N–H and O–H groups in total. The number of rotatable bonds is 1. The number of hydrogen-bond acceptors (Lipinski definition) is 0. The maximum Gasteiger partial charge on any atom is -0.00866 e. The van der Waals surface area contributed by atoms with Gasteiger partial charge in [0.2, 0.25) is 0 Å². The molecule has 0 heterocycles. The van der Waals surface area contributed by atoms with Crippen molar-refractivity contribution in [2.75, 3.05) is 0 Å². The Kier molecular flexibility index (Phi) is 1.92. The van der Waals surface area contributed by atoms with E-state index in [9.17, 15) is 0 Å². The van der Waals surface area contributed by atoms with E-state index < -0.39 is 0 Å². The molecule has 2 fully saturated rings. The van der Waals surface area contributed by atoms with Crippen molar-refractivity contribution in [3.8, 4) is 0 Å². The zero-order valence-corrected chi connectivity index (χ0v) is 10.4. The molecule has 84 valence electrons. The minimum absolute atomic E-state index is 0.505. The summed E-state index contributed by atoms with van der Waals surface area (Å²) in [7, 11) is 0. The Hall–Kier alpha value is -0.260. The van der Waals surface area contributed by atoms with Gasteiger partial charge in [-0.15, -0.1) is 0 Å². The van der Waals surface area contributed by atoms with Gasteiger partial charge >= 0.3 is 0 Å². The van der Waals surface area contributed by atoms with Gasteiger partial charge in [0, 0.05) is 0 Å². The predicted octanol–water partition coefficient (Wildman–Crippen LogP) is 4.42. The third-order valence-electron chi connectivity index (χ3n) is 6.10. The van der Waals surface area contributed by atoms with Gasteiger partial charge in [-0.25, -0.2) is 0 Å². The second-order valence-corrected chi connectivity index (χ2v) is 6.94. The van der Waals surface area contributed by atoms with Gasteiger partial charge in [-0.2, -0.15) is 0 Å². The molecule has 0 spiro atoms. The van der Waals surface area contributed by atoms with E-state index in [1.807, 2.05) is 0 Å². The van der Waals surface area contributed by atoms with Crippen LogP contribution in [0.4, 0.5) is 0 Å². The monoisotopic (exact) mass is 204 g/mol. The molecule has 0 heteroatoms. The van der Waals surface area contributed by atoms with Crippen LogP contribution in [-0.2, 0) is 0 Å². The Balaban J connectivity index is 1.88. The molecule has 2 saturated carbocycles. The minimum atomic E-state index is 0.505. The van der Waals surface area contributed by atoms with Gasteiger partial charge in [-0.05, 0) is 35.0 Å². The van der Waals surface area contributed by atoms with Crippen molar-refractivity contribution in [1.29, 1.82) is 0 Å². The second kappa shape index (κ2) is 2.90. The van der Waals surface area contributed by atoms with E-state index in [1.165, 1.54) is 32.1 Å². The molecule has 3 aliphatic carbocycles. The van der Waals surface area contributed by atoms with Crippen LogP contribution in [0, 0.1) is 28.6 Å². The molecule has 3 atom stereocenters. The Morgan fingerprint density at radius 1 is 1.07 bits per heavy atom. The minimum Gasteiger partial charge on any atom is -0.0840 e. The van der Waals surface area contributed by atoms with Crippen LogP contribution in [0.5, 0.6) is 0 Å². The van der Waals surface area contributed by atoms with Crippen LogP contribution in [0.2, 0.25) is 0 Å². The highest BCUT2D eigenvalue weighted by Crippen LogP contribution is 2.66. The molecule has 3 aliphatic rings. The first-order valence-corrected chi connectivity index (χ1v) is 6.74. The average molecular weight is 204 g/mol. The Morgan fingerprint density at radius 3 is 2.20 bits per heavy atom. The van der Waals surface area contributed by atoms with Crippen LogP contribution in [0.1, 0.15) is 52.9 Å². The standard InChI is InChI=1S/C15H24/c1-14(2)13-8-9-15(14,3)10-12(13)11-6-4-5-7-11/h8-9,11-13H,4-7,10H2,1-3H3. The van der Waals surface area contributed by atoms with Crippen molar-refractivity contribution in [3.63, 3.8) is 0 Å². The molecular formula is C15H24. The summed E-state index contributed by atoms with van der Waals surface area (Å²) in [6.07, 6.45) is 12.5. The van der Waals surface area contributed by atoms with Crippen molar-refractivity contribution in [2.24, 2.45) is 28.6 Å². The molecule has 0 aromatic heterocycles. The Bertz CT molecular complexity index is 293. The molecule has 0 amide bonds. The number of allylic oxidation sites excluding steroid dienone is 2. The summed E-state index contributed by atoms with van der Waals surface area (Å²) >= 11 is 0. The van der Waals surface area contributed by atoms with Crippen molar-refractivity contribution in [1.82, 2.24) is 0 Å². The van der Waals surface area contributed by atoms with Gasteiger partial charge in [0.25, 0.3) is 0 Å². The predicted molar refractivity (Wildman–Crippen MR) is 64.6 cm³/mol. The first-order chi connectivity index (χ1) is 7.05. The fraction of sp³-hybridized carbons (Fsp3) is 0.867. The van der Waals surface area contributed by atoms with Gasteiger partial charge in [0.05, 0.1) is 0 Å². The molecule has 0 aliphatic heterocycles. The van der Waals surface area contributed by atoms with E-state index in [2.05, 4.69) is 32.9 Å². The number of hydrogen-bond donors (Lipinski definition) is 0. The lowest BCUT2D eigenvalue weighted by Crippen LogP contribution is -2.27. The van der Waals surface area contributed by atoms with Gasteiger partial charge in [-0.3, -0.25) is 0 Å².